The highest BCUT2D eigenvalue weighted by atomic mass is 16.5. The Bertz CT molecular complexity index is 617. The Hall–Kier alpha value is -2.01. The fourth-order valence-corrected chi connectivity index (χ4v) is 2.93. The van der Waals surface area contributed by atoms with E-state index in [2.05, 4.69) is 40.0 Å². The first-order valence-corrected chi connectivity index (χ1v) is 7.89. The van der Waals surface area contributed by atoms with Crippen LogP contribution in [0.4, 0.5) is 11.5 Å². The van der Waals surface area contributed by atoms with Crippen LogP contribution in [0.5, 0.6) is 0 Å². The van der Waals surface area contributed by atoms with Gasteiger partial charge in [0.1, 0.15) is 5.82 Å². The number of nitrogens with one attached hydrogen (secondary N) is 2. The molecule has 1 aromatic heterocycles. The molecular weight excluding hydrogens is 276 g/mol. The van der Waals surface area contributed by atoms with Gasteiger partial charge >= 0.3 is 0 Å². The topological polar surface area (TPSA) is 51.1 Å². The predicted molar refractivity (Wildman–Crippen MR) is 89.3 cm³/mol. The van der Waals surface area contributed by atoms with Gasteiger partial charge in [0.15, 0.2) is 0 Å². The molecule has 0 radical (unpaired) electrons. The smallest absolute Gasteiger partial charge is 0.124 e. The summed E-state index contributed by atoms with van der Waals surface area (Å²) in [5, 5.41) is 11.4. The average molecular weight is 300 g/mol. The van der Waals surface area contributed by atoms with Gasteiger partial charge in [-0.25, -0.2) is 0 Å². The molecule has 1 unspecified atom stereocenters. The van der Waals surface area contributed by atoms with Gasteiger partial charge in [-0.15, -0.1) is 0 Å². The molecule has 5 nitrogen and oxygen atoms in total. The summed E-state index contributed by atoms with van der Waals surface area (Å²) in [6.45, 7) is 2.45. The van der Waals surface area contributed by atoms with E-state index in [9.17, 15) is 0 Å². The van der Waals surface area contributed by atoms with Crippen molar-refractivity contribution in [3.8, 4) is 0 Å². The minimum Gasteiger partial charge on any atom is -0.388 e. The Kier molecular flexibility index (Phi) is 4.63. The average Bonchev–Trinajstić information content (AvgIpc) is 2.95. The summed E-state index contributed by atoms with van der Waals surface area (Å²) in [5.74, 6) is 1.48. The third-order valence-corrected chi connectivity index (χ3v) is 4.22. The molecule has 5 heteroatoms. The number of rotatable bonds is 5. The molecule has 1 atom stereocenters. The lowest BCUT2D eigenvalue weighted by Crippen LogP contribution is -2.16. The number of ether oxygens (including phenoxy) is 1. The maximum atomic E-state index is 5.57. The van der Waals surface area contributed by atoms with E-state index in [0.717, 1.165) is 43.4 Å². The Balaban J connectivity index is 1.69. The Labute approximate surface area is 131 Å². The van der Waals surface area contributed by atoms with Crippen LogP contribution in [0.3, 0.4) is 0 Å². The van der Waals surface area contributed by atoms with Crippen LogP contribution in [-0.2, 0) is 18.3 Å². The molecule has 118 valence electrons. The molecule has 0 amide bonds. The van der Waals surface area contributed by atoms with Gasteiger partial charge in [-0.05, 0) is 24.5 Å². The molecule has 22 heavy (non-hydrogen) atoms. The first-order chi connectivity index (χ1) is 10.8. The van der Waals surface area contributed by atoms with Gasteiger partial charge in [0.05, 0.1) is 12.3 Å². The van der Waals surface area contributed by atoms with Crippen molar-refractivity contribution in [1.29, 1.82) is 0 Å². The van der Waals surface area contributed by atoms with Gasteiger partial charge in [-0.3, -0.25) is 4.68 Å². The lowest BCUT2D eigenvalue weighted by atomic mass is 9.99. The molecule has 2 N–H and O–H groups in total. The normalized spacial score (nSPS) is 18.2. The highest BCUT2D eigenvalue weighted by Gasteiger charge is 2.19. The van der Waals surface area contributed by atoms with Gasteiger partial charge in [0, 0.05) is 44.9 Å². The zero-order chi connectivity index (χ0) is 15.4. The van der Waals surface area contributed by atoms with Crippen molar-refractivity contribution in [2.45, 2.75) is 25.3 Å². The van der Waals surface area contributed by atoms with Crippen molar-refractivity contribution in [3.05, 3.63) is 41.6 Å². The van der Waals surface area contributed by atoms with E-state index in [4.69, 9.17) is 4.74 Å². The second-order valence-electron chi connectivity index (χ2n) is 5.75. The zero-order valence-electron chi connectivity index (χ0n) is 13.3. The van der Waals surface area contributed by atoms with E-state index in [0.29, 0.717) is 5.92 Å². The summed E-state index contributed by atoms with van der Waals surface area (Å²) in [4.78, 5) is 0. The van der Waals surface area contributed by atoms with Crippen molar-refractivity contribution in [2.24, 2.45) is 7.05 Å². The monoisotopic (exact) mass is 300 g/mol. The molecule has 0 aliphatic carbocycles. The van der Waals surface area contributed by atoms with Crippen molar-refractivity contribution in [2.75, 3.05) is 30.9 Å². The Morgan fingerprint density at radius 3 is 3.00 bits per heavy atom. The van der Waals surface area contributed by atoms with Crippen LogP contribution in [0.1, 0.15) is 30.0 Å². The molecule has 1 fully saturated rings. The van der Waals surface area contributed by atoms with Crippen molar-refractivity contribution in [1.82, 2.24) is 9.78 Å². The number of para-hydroxylation sites is 1. The molecule has 0 saturated carbocycles. The Morgan fingerprint density at radius 2 is 2.23 bits per heavy atom. The first kappa shape index (κ1) is 14.9. The van der Waals surface area contributed by atoms with Crippen molar-refractivity contribution < 1.29 is 4.74 Å². The van der Waals surface area contributed by atoms with E-state index in [-0.39, 0.29) is 0 Å². The van der Waals surface area contributed by atoms with Gasteiger partial charge in [0.2, 0.25) is 0 Å². The van der Waals surface area contributed by atoms with Gasteiger partial charge in [-0.1, -0.05) is 18.2 Å². The van der Waals surface area contributed by atoms with Crippen molar-refractivity contribution in [3.63, 3.8) is 0 Å². The van der Waals surface area contributed by atoms with E-state index in [1.807, 2.05) is 24.8 Å². The summed E-state index contributed by atoms with van der Waals surface area (Å²) in [6, 6.07) is 10.5. The number of nitrogens with zero attached hydrogens (tertiary/aromatic N) is 2. The number of benzene rings is 1. The lowest BCUT2D eigenvalue weighted by molar-refractivity contribution is 0.0791. The number of aryl methyl sites for hydroxylation is 1. The summed E-state index contributed by atoms with van der Waals surface area (Å²) in [7, 11) is 3.93. The molecule has 0 bridgehead atoms. The summed E-state index contributed by atoms with van der Waals surface area (Å²) < 4.78 is 7.49. The minimum absolute atomic E-state index is 0.431. The van der Waals surface area contributed by atoms with Crippen LogP contribution < -0.4 is 10.6 Å². The number of anilines is 2. The molecule has 0 spiro atoms. The second-order valence-corrected chi connectivity index (χ2v) is 5.75. The van der Waals surface area contributed by atoms with Gasteiger partial charge < -0.3 is 15.4 Å². The maximum absolute atomic E-state index is 5.57. The van der Waals surface area contributed by atoms with E-state index < -0.39 is 0 Å². The first-order valence-electron chi connectivity index (χ1n) is 7.89. The standard InChI is InChI=1S/C17H24N4O/c1-18-15-8-4-3-6-13(15)11-19-17-10-16(20-21(17)2)14-7-5-9-22-12-14/h3-4,6,8,10,14,18-19H,5,7,9,11-12H2,1-2H3. The number of hydrogen-bond donors (Lipinski definition) is 2. The van der Waals surface area contributed by atoms with Crippen LogP contribution in [0.15, 0.2) is 30.3 Å². The summed E-state index contributed by atoms with van der Waals surface area (Å²) in [6.07, 6.45) is 2.29. The fourth-order valence-electron chi connectivity index (χ4n) is 2.93. The molecule has 2 aromatic rings. The zero-order valence-corrected chi connectivity index (χ0v) is 13.3. The molecule has 3 rings (SSSR count). The predicted octanol–water partition coefficient (Wildman–Crippen LogP) is 2.97. The van der Waals surface area contributed by atoms with Crippen LogP contribution in [0, 0.1) is 0 Å². The highest BCUT2D eigenvalue weighted by Crippen LogP contribution is 2.26. The van der Waals surface area contributed by atoms with Crippen LogP contribution in [0.25, 0.3) is 0 Å². The van der Waals surface area contributed by atoms with E-state index >= 15 is 0 Å². The van der Waals surface area contributed by atoms with Gasteiger partial charge in [-0.2, -0.15) is 5.10 Å². The summed E-state index contributed by atoms with van der Waals surface area (Å²) in [5.41, 5.74) is 3.53. The number of aromatic nitrogens is 2. The largest absolute Gasteiger partial charge is 0.388 e. The molecule has 1 aromatic carbocycles. The second kappa shape index (κ2) is 6.83. The van der Waals surface area contributed by atoms with Crippen LogP contribution in [0.2, 0.25) is 0 Å². The summed E-state index contributed by atoms with van der Waals surface area (Å²) >= 11 is 0. The third-order valence-electron chi connectivity index (χ3n) is 4.22. The Morgan fingerprint density at radius 1 is 1.36 bits per heavy atom. The van der Waals surface area contributed by atoms with E-state index in [1.165, 1.54) is 12.0 Å². The van der Waals surface area contributed by atoms with E-state index in [1.54, 1.807) is 0 Å². The molecule has 1 saturated heterocycles. The molecular formula is C17H24N4O. The third kappa shape index (κ3) is 3.25. The maximum Gasteiger partial charge on any atom is 0.124 e. The SMILES string of the molecule is CNc1ccccc1CNc1cc(C2CCCOC2)nn1C. The molecule has 1 aliphatic heterocycles. The minimum atomic E-state index is 0.431. The quantitative estimate of drug-likeness (QED) is 0.891. The highest BCUT2D eigenvalue weighted by molar-refractivity contribution is 5.52. The molecule has 1 aliphatic rings. The van der Waals surface area contributed by atoms with Crippen LogP contribution >= 0.6 is 0 Å². The number of hydrogen-bond acceptors (Lipinski definition) is 4. The lowest BCUT2D eigenvalue weighted by Gasteiger charge is -2.19. The van der Waals surface area contributed by atoms with Gasteiger partial charge in [0.25, 0.3) is 0 Å². The molecule has 2 heterocycles. The fraction of sp³-hybridized carbons (Fsp3) is 0.471. The van der Waals surface area contributed by atoms with Crippen LogP contribution in [-0.4, -0.2) is 30.0 Å². The van der Waals surface area contributed by atoms with Crippen molar-refractivity contribution >= 4 is 11.5 Å².